The average molecular weight is 505 g/mol. The number of alkyl halides is 3. The number of rotatable bonds is 5. The number of primary amides is 1. The molecule has 0 unspecified atom stereocenters. The highest BCUT2D eigenvalue weighted by Crippen LogP contribution is 2.41. The van der Waals surface area contributed by atoms with Crippen molar-refractivity contribution in [2.45, 2.75) is 44.4 Å². The van der Waals surface area contributed by atoms with Crippen LogP contribution >= 0.6 is 0 Å². The number of amides is 2. The molecule has 2 N–H and O–H groups in total. The third-order valence-corrected chi connectivity index (χ3v) is 7.89. The van der Waals surface area contributed by atoms with Gasteiger partial charge in [-0.25, -0.2) is 4.79 Å². The lowest BCUT2D eigenvalue weighted by Crippen LogP contribution is -2.36. The van der Waals surface area contributed by atoms with Gasteiger partial charge < -0.3 is 15.5 Å². The zero-order valence-electron chi connectivity index (χ0n) is 20.2. The Balaban J connectivity index is 1.22. The zero-order valence-corrected chi connectivity index (χ0v) is 20.2. The van der Waals surface area contributed by atoms with E-state index in [0.29, 0.717) is 42.7 Å². The Hall–Kier alpha value is -3.08. The molecule has 0 radical (unpaired) electrons. The summed E-state index contributed by atoms with van der Waals surface area (Å²) in [7, 11) is 1.97. The molecule has 2 aliphatic heterocycles. The van der Waals surface area contributed by atoms with Crippen molar-refractivity contribution < 1.29 is 22.8 Å². The number of halogens is 3. The molecule has 5 rings (SSSR count). The van der Waals surface area contributed by atoms with Gasteiger partial charge in [-0.2, -0.15) is 23.0 Å². The lowest BCUT2D eigenvalue weighted by atomic mass is 10.0. The number of nitrogens with zero attached hydrogens (tertiary/aromatic N) is 5. The number of hydrogen-bond donors (Lipinski definition) is 1. The second kappa shape index (κ2) is 9.42. The van der Waals surface area contributed by atoms with Crippen molar-refractivity contribution in [1.82, 2.24) is 19.6 Å². The van der Waals surface area contributed by atoms with Crippen molar-refractivity contribution in [3.05, 3.63) is 47.3 Å². The van der Waals surface area contributed by atoms with Crippen LogP contribution in [0, 0.1) is 11.8 Å². The first-order chi connectivity index (χ1) is 17.1. The van der Waals surface area contributed by atoms with Crippen molar-refractivity contribution in [3.63, 3.8) is 0 Å². The largest absolute Gasteiger partial charge is 0.416 e. The maximum atomic E-state index is 13.6. The zero-order chi connectivity index (χ0) is 25.6. The molecule has 194 valence electrons. The fraction of sp³-hybridized carbons (Fsp3) is 0.560. The van der Waals surface area contributed by atoms with Crippen LogP contribution in [0.1, 0.15) is 47.2 Å². The predicted octanol–water partition coefficient (Wildman–Crippen LogP) is 3.41. The number of nitrogens with two attached hydrogens (primary N) is 1. The Kier molecular flexibility index (Phi) is 6.44. The second-order valence-electron chi connectivity index (χ2n) is 10.4. The molecule has 36 heavy (non-hydrogen) atoms. The molecule has 3 aliphatic rings. The van der Waals surface area contributed by atoms with Crippen LogP contribution < -0.4 is 10.6 Å². The van der Waals surface area contributed by atoms with Gasteiger partial charge in [0.1, 0.15) is 0 Å². The molecule has 0 spiro atoms. The Morgan fingerprint density at radius 3 is 2.36 bits per heavy atom. The molecule has 2 saturated heterocycles. The predicted molar refractivity (Wildman–Crippen MR) is 127 cm³/mol. The molecule has 2 aromatic rings. The third kappa shape index (κ3) is 4.93. The topological polar surface area (TPSA) is 87.7 Å². The number of aromatic nitrogens is 2. The summed E-state index contributed by atoms with van der Waals surface area (Å²) in [6.45, 7) is 3.23. The van der Waals surface area contributed by atoms with Gasteiger partial charge in [-0.15, -0.1) is 0 Å². The quantitative estimate of drug-likeness (QED) is 0.675. The van der Waals surface area contributed by atoms with Crippen LogP contribution in [0.2, 0.25) is 0 Å². The van der Waals surface area contributed by atoms with E-state index in [1.807, 2.05) is 18.0 Å². The standard InChI is InChI=1S/C25H31F3N6O2/c1-31(12-16-6-20(25(26,27)28)10-22(7-16)32-4-2-3-5-32)21-8-17-13-33(14-18(17)9-21)24(36)34-15-19(11-30-34)23(29)35/h6-7,10-11,15,17-18,21H,2-5,8-9,12-14H2,1H3,(H2,29,35)/t17-,18+,21-. The van der Waals surface area contributed by atoms with E-state index in [2.05, 4.69) is 10.00 Å². The first kappa shape index (κ1) is 24.6. The van der Waals surface area contributed by atoms with Crippen LogP contribution in [0.15, 0.2) is 30.6 Å². The van der Waals surface area contributed by atoms with Crippen LogP contribution in [-0.4, -0.2) is 70.8 Å². The van der Waals surface area contributed by atoms with Gasteiger partial charge in [-0.1, -0.05) is 0 Å². The summed E-state index contributed by atoms with van der Waals surface area (Å²) in [6.07, 6.45) is 2.02. The molecule has 1 aromatic carbocycles. The summed E-state index contributed by atoms with van der Waals surface area (Å²) in [6, 6.07) is 4.41. The third-order valence-electron chi connectivity index (χ3n) is 7.89. The smallest absolute Gasteiger partial charge is 0.372 e. The SMILES string of the molecule is CN(Cc1cc(N2CCCC2)cc(C(F)(F)F)c1)[C@@H]1C[C@@H]2CN(C(=O)n3cc(C(N)=O)cn3)C[C@@H]2C1. The minimum Gasteiger partial charge on any atom is -0.372 e. The van der Waals surface area contributed by atoms with Crippen LogP contribution in [0.25, 0.3) is 0 Å². The van der Waals surface area contributed by atoms with E-state index in [0.717, 1.165) is 43.5 Å². The van der Waals surface area contributed by atoms with Crippen molar-refractivity contribution in [1.29, 1.82) is 0 Å². The van der Waals surface area contributed by atoms with Gasteiger partial charge in [0.15, 0.2) is 0 Å². The summed E-state index contributed by atoms with van der Waals surface area (Å²) in [5, 5.41) is 3.96. The molecule has 0 bridgehead atoms. The van der Waals surface area contributed by atoms with Crippen LogP contribution in [0.5, 0.6) is 0 Å². The molecule has 3 heterocycles. The minimum atomic E-state index is -4.38. The van der Waals surface area contributed by atoms with Crippen molar-refractivity contribution in [2.75, 3.05) is 38.1 Å². The molecule has 1 saturated carbocycles. The van der Waals surface area contributed by atoms with E-state index in [9.17, 15) is 22.8 Å². The Bertz CT molecular complexity index is 1130. The second-order valence-corrected chi connectivity index (χ2v) is 10.4. The van der Waals surface area contributed by atoms with Gasteiger partial charge in [0.25, 0.3) is 5.91 Å². The number of likely N-dealkylation sites (tertiary alicyclic amines) is 1. The van der Waals surface area contributed by atoms with E-state index in [1.54, 1.807) is 4.90 Å². The van der Waals surface area contributed by atoms with E-state index in [-0.39, 0.29) is 17.6 Å². The highest BCUT2D eigenvalue weighted by atomic mass is 19.4. The maximum absolute atomic E-state index is 13.6. The summed E-state index contributed by atoms with van der Waals surface area (Å²) in [5.74, 6) is 0.0232. The molecule has 8 nitrogen and oxygen atoms in total. The molecule has 1 aromatic heterocycles. The first-order valence-corrected chi connectivity index (χ1v) is 12.4. The molecule has 1 aliphatic carbocycles. The first-order valence-electron chi connectivity index (χ1n) is 12.4. The summed E-state index contributed by atoms with van der Waals surface area (Å²) < 4.78 is 42.0. The molecule has 11 heteroatoms. The number of hydrogen-bond acceptors (Lipinski definition) is 5. The van der Waals surface area contributed by atoms with Gasteiger partial charge in [-0.3, -0.25) is 9.69 Å². The average Bonchev–Trinajstić information content (AvgIpc) is 3.61. The summed E-state index contributed by atoms with van der Waals surface area (Å²) in [5.41, 5.74) is 6.17. The van der Waals surface area contributed by atoms with Crippen LogP contribution in [-0.2, 0) is 12.7 Å². The Labute approximate surface area is 207 Å². The number of anilines is 1. The van der Waals surface area contributed by atoms with Gasteiger partial charge >= 0.3 is 12.2 Å². The Morgan fingerprint density at radius 1 is 1.11 bits per heavy atom. The van der Waals surface area contributed by atoms with Crippen LogP contribution in [0.4, 0.5) is 23.7 Å². The minimum absolute atomic E-state index is 0.187. The monoisotopic (exact) mass is 504 g/mol. The highest BCUT2D eigenvalue weighted by Gasteiger charge is 2.44. The normalized spacial score (nSPS) is 24.1. The summed E-state index contributed by atoms with van der Waals surface area (Å²) >= 11 is 0. The van der Waals surface area contributed by atoms with E-state index >= 15 is 0 Å². The van der Waals surface area contributed by atoms with Gasteiger partial charge in [0, 0.05) is 50.6 Å². The summed E-state index contributed by atoms with van der Waals surface area (Å²) in [4.78, 5) is 30.0. The molecular weight excluding hydrogens is 473 g/mol. The fourth-order valence-electron chi connectivity index (χ4n) is 5.99. The number of fused-ring (bicyclic) bond motifs is 1. The van der Waals surface area contributed by atoms with Crippen molar-refractivity contribution >= 4 is 17.6 Å². The molecule has 3 fully saturated rings. The van der Waals surface area contributed by atoms with Crippen molar-refractivity contribution in [3.8, 4) is 0 Å². The van der Waals surface area contributed by atoms with E-state index in [4.69, 9.17) is 5.73 Å². The number of carbonyl (C=O) groups is 2. The number of carbonyl (C=O) groups excluding carboxylic acids is 2. The van der Waals surface area contributed by atoms with Gasteiger partial charge in [0.05, 0.1) is 17.3 Å². The highest BCUT2D eigenvalue weighted by molar-refractivity contribution is 5.93. The maximum Gasteiger partial charge on any atom is 0.416 e. The fourth-order valence-corrected chi connectivity index (χ4v) is 5.99. The molecule has 3 atom stereocenters. The molecular formula is C25H31F3N6O2. The van der Waals surface area contributed by atoms with Gasteiger partial charge in [-0.05, 0) is 68.3 Å². The number of benzene rings is 1. The van der Waals surface area contributed by atoms with Crippen LogP contribution in [0.3, 0.4) is 0 Å². The van der Waals surface area contributed by atoms with Gasteiger partial charge in [0.2, 0.25) is 0 Å². The molecule has 2 amide bonds. The lowest BCUT2D eigenvalue weighted by Gasteiger charge is -2.28. The Morgan fingerprint density at radius 2 is 1.78 bits per heavy atom. The van der Waals surface area contributed by atoms with E-state index in [1.165, 1.54) is 24.5 Å². The van der Waals surface area contributed by atoms with Crippen molar-refractivity contribution in [2.24, 2.45) is 17.6 Å². The van der Waals surface area contributed by atoms with E-state index < -0.39 is 17.6 Å². The lowest BCUT2D eigenvalue weighted by molar-refractivity contribution is -0.137.